The summed E-state index contributed by atoms with van der Waals surface area (Å²) in [4.78, 5) is 3.12. The highest BCUT2D eigenvalue weighted by molar-refractivity contribution is 5.28. The fourth-order valence-corrected chi connectivity index (χ4v) is 0.445. The quantitative estimate of drug-likeness (QED) is 0.337. The van der Waals surface area contributed by atoms with Crippen LogP contribution in [0.1, 0.15) is 20.8 Å². The van der Waals surface area contributed by atoms with Gasteiger partial charge in [-0.05, 0) is 25.6 Å². The predicted molar refractivity (Wildman–Crippen MR) is 47.3 cm³/mol. The first kappa shape index (κ1) is 10.1. The van der Waals surface area contributed by atoms with Crippen LogP contribution >= 0.6 is 0 Å². The summed E-state index contributed by atoms with van der Waals surface area (Å²) in [6.07, 6.45) is 3.04. The molecule has 0 atom stereocenters. The second-order valence-corrected chi connectivity index (χ2v) is 2.71. The average molecular weight is 155 g/mol. The summed E-state index contributed by atoms with van der Waals surface area (Å²) in [6.45, 7) is 9.13. The summed E-state index contributed by atoms with van der Waals surface area (Å²) in [6, 6.07) is 0. The lowest BCUT2D eigenvalue weighted by Crippen LogP contribution is -1.86. The molecule has 62 valence electrons. The third kappa shape index (κ3) is 4.48. The van der Waals surface area contributed by atoms with Crippen LogP contribution < -0.4 is 0 Å². The average Bonchev–Trinajstić information content (AvgIpc) is 1.99. The second-order valence-electron chi connectivity index (χ2n) is 2.71. The van der Waals surface area contributed by atoms with Crippen LogP contribution in [-0.2, 0) is 0 Å². The van der Waals surface area contributed by atoms with Crippen molar-refractivity contribution in [1.29, 1.82) is 0 Å². The maximum Gasteiger partial charge on any atom is 0.212 e. The molecule has 2 heteroatoms. The van der Waals surface area contributed by atoms with Crippen molar-refractivity contribution < 1.29 is 4.39 Å². The largest absolute Gasteiger partial charge is 0.236 e. The van der Waals surface area contributed by atoms with Gasteiger partial charge in [-0.25, -0.2) is 4.99 Å². The van der Waals surface area contributed by atoms with E-state index in [-0.39, 0.29) is 0 Å². The standard InChI is InChI=1S/C9H14FN/c1-7(2)8(3)5-6-9(10)11-4/h5-7H,4H2,1-3H3/b8-5+,9-6-. The molecule has 0 aliphatic heterocycles. The van der Waals surface area contributed by atoms with Gasteiger partial charge in [-0.2, -0.15) is 4.39 Å². The van der Waals surface area contributed by atoms with E-state index in [1.54, 1.807) is 6.08 Å². The van der Waals surface area contributed by atoms with E-state index in [0.29, 0.717) is 5.92 Å². The third-order valence-electron chi connectivity index (χ3n) is 1.55. The van der Waals surface area contributed by atoms with E-state index in [1.165, 1.54) is 6.08 Å². The predicted octanol–water partition coefficient (Wildman–Crippen LogP) is 3.10. The molecule has 0 heterocycles. The van der Waals surface area contributed by atoms with E-state index < -0.39 is 5.95 Å². The number of rotatable bonds is 3. The molecule has 0 amide bonds. The van der Waals surface area contributed by atoms with Gasteiger partial charge < -0.3 is 0 Å². The summed E-state index contributed by atoms with van der Waals surface area (Å²) >= 11 is 0. The lowest BCUT2D eigenvalue weighted by atomic mass is 10.1. The first-order valence-electron chi connectivity index (χ1n) is 3.58. The van der Waals surface area contributed by atoms with Gasteiger partial charge in [0.1, 0.15) is 0 Å². The van der Waals surface area contributed by atoms with Gasteiger partial charge in [-0.3, -0.25) is 0 Å². The van der Waals surface area contributed by atoms with Crippen molar-refractivity contribution in [3.63, 3.8) is 0 Å². The molecule has 0 fully saturated rings. The number of aliphatic imine (C=N–C) groups is 1. The summed E-state index contributed by atoms with van der Waals surface area (Å²) < 4.78 is 12.3. The van der Waals surface area contributed by atoms with Crippen LogP contribution in [0.5, 0.6) is 0 Å². The van der Waals surface area contributed by atoms with E-state index in [9.17, 15) is 4.39 Å². The molecule has 0 rings (SSSR count). The topological polar surface area (TPSA) is 12.4 Å². The Morgan fingerprint density at radius 3 is 2.36 bits per heavy atom. The zero-order valence-corrected chi connectivity index (χ0v) is 7.26. The smallest absolute Gasteiger partial charge is 0.212 e. The van der Waals surface area contributed by atoms with Crippen LogP contribution in [0.4, 0.5) is 4.39 Å². The molecule has 0 aliphatic carbocycles. The molecule has 0 aliphatic rings. The molecule has 0 bridgehead atoms. The van der Waals surface area contributed by atoms with Crippen molar-refractivity contribution in [3.05, 3.63) is 23.7 Å². The monoisotopic (exact) mass is 155 g/mol. The number of nitrogens with zero attached hydrogens (tertiary/aromatic N) is 1. The Morgan fingerprint density at radius 1 is 1.45 bits per heavy atom. The van der Waals surface area contributed by atoms with Crippen molar-refractivity contribution in [1.82, 2.24) is 0 Å². The van der Waals surface area contributed by atoms with Crippen LogP contribution in [0, 0.1) is 5.92 Å². The molecule has 11 heavy (non-hydrogen) atoms. The molecule has 0 saturated heterocycles. The minimum atomic E-state index is -0.537. The molecule has 0 spiro atoms. The Morgan fingerprint density at radius 2 is 2.00 bits per heavy atom. The summed E-state index contributed by atoms with van der Waals surface area (Å²) in [5, 5.41) is 0. The van der Waals surface area contributed by atoms with Gasteiger partial charge in [0.2, 0.25) is 5.95 Å². The molecule has 0 aromatic carbocycles. The second kappa shape index (κ2) is 4.83. The molecule has 1 nitrogen and oxygen atoms in total. The molecule has 0 aromatic rings. The summed E-state index contributed by atoms with van der Waals surface area (Å²) in [7, 11) is 0. The molecule has 0 unspecified atom stereocenters. The molecular formula is C9H14FN. The molecule has 0 aromatic heterocycles. The Labute approximate surface area is 67.3 Å². The molecular weight excluding hydrogens is 141 g/mol. The van der Waals surface area contributed by atoms with Crippen LogP contribution in [-0.4, -0.2) is 6.72 Å². The highest BCUT2D eigenvalue weighted by Crippen LogP contribution is 2.08. The lowest BCUT2D eigenvalue weighted by Gasteiger charge is -2.01. The normalized spacial score (nSPS) is 13.9. The van der Waals surface area contributed by atoms with E-state index in [4.69, 9.17) is 0 Å². The fraction of sp³-hybridized carbons (Fsp3) is 0.444. The van der Waals surface area contributed by atoms with Crippen molar-refractivity contribution in [3.8, 4) is 0 Å². The fourth-order valence-electron chi connectivity index (χ4n) is 0.445. The highest BCUT2D eigenvalue weighted by Gasteiger charge is 1.93. The van der Waals surface area contributed by atoms with Gasteiger partial charge in [-0.15, -0.1) is 0 Å². The minimum Gasteiger partial charge on any atom is -0.236 e. The number of allylic oxidation sites excluding steroid dienone is 3. The van der Waals surface area contributed by atoms with Crippen molar-refractivity contribution in [2.75, 3.05) is 0 Å². The van der Waals surface area contributed by atoms with Gasteiger partial charge in [0.05, 0.1) is 0 Å². The summed E-state index contributed by atoms with van der Waals surface area (Å²) in [5.41, 5.74) is 1.13. The zero-order chi connectivity index (χ0) is 8.85. The number of hydrogen-bond donors (Lipinski definition) is 0. The Hall–Kier alpha value is -0.920. The first-order valence-corrected chi connectivity index (χ1v) is 3.58. The zero-order valence-electron chi connectivity index (χ0n) is 7.26. The Balaban J connectivity index is 4.22. The van der Waals surface area contributed by atoms with E-state index in [1.807, 2.05) is 6.92 Å². The van der Waals surface area contributed by atoms with Gasteiger partial charge in [-0.1, -0.05) is 25.5 Å². The van der Waals surface area contributed by atoms with E-state index in [0.717, 1.165) is 5.57 Å². The summed E-state index contributed by atoms with van der Waals surface area (Å²) in [5.74, 6) is -0.0890. The highest BCUT2D eigenvalue weighted by atomic mass is 19.1. The van der Waals surface area contributed by atoms with Gasteiger partial charge in [0, 0.05) is 0 Å². The Bertz CT molecular complexity index is 190. The van der Waals surface area contributed by atoms with Crippen LogP contribution in [0.15, 0.2) is 28.7 Å². The SMILES string of the molecule is C=N/C(F)=C\C=C(/C)C(C)C. The van der Waals surface area contributed by atoms with Crippen LogP contribution in [0.25, 0.3) is 0 Å². The maximum atomic E-state index is 12.3. The van der Waals surface area contributed by atoms with E-state index >= 15 is 0 Å². The van der Waals surface area contributed by atoms with Gasteiger partial charge >= 0.3 is 0 Å². The molecule has 0 N–H and O–H groups in total. The maximum absolute atomic E-state index is 12.3. The number of hydrogen-bond acceptors (Lipinski definition) is 1. The molecule has 0 radical (unpaired) electrons. The third-order valence-corrected chi connectivity index (χ3v) is 1.55. The molecule has 0 saturated carbocycles. The van der Waals surface area contributed by atoms with Gasteiger partial charge in [0.25, 0.3) is 0 Å². The lowest BCUT2D eigenvalue weighted by molar-refractivity contribution is 0.630. The Kier molecular flexibility index (Phi) is 4.42. The van der Waals surface area contributed by atoms with Crippen LogP contribution in [0.3, 0.4) is 0 Å². The minimum absolute atomic E-state index is 0.448. The first-order chi connectivity index (χ1) is 5.07. The van der Waals surface area contributed by atoms with Crippen LogP contribution in [0.2, 0.25) is 0 Å². The number of halogens is 1. The van der Waals surface area contributed by atoms with Crippen molar-refractivity contribution >= 4 is 6.72 Å². The van der Waals surface area contributed by atoms with E-state index in [2.05, 4.69) is 25.6 Å². The van der Waals surface area contributed by atoms with Gasteiger partial charge in [0.15, 0.2) is 0 Å². The van der Waals surface area contributed by atoms with Crippen molar-refractivity contribution in [2.24, 2.45) is 10.9 Å². The van der Waals surface area contributed by atoms with Crippen molar-refractivity contribution in [2.45, 2.75) is 20.8 Å².